The summed E-state index contributed by atoms with van der Waals surface area (Å²) in [4.78, 5) is 124. The number of rotatable bonds is 48. The standard InChI is InChI=1S/C38H47F2N3O5.2C38H48FN3O5/c1-24(2)36(43-18-6-17-41-38(43)47)34(45)22-29(19-27-9-13-30(39)14-10-27)21-33(44)32(20-28-11-15-31(40)16-12-28)42-35(46)23-48-37-25(3)7-5-8-26(37)4;1-25(2)36(42-19-9-18-40-38(42)46)34(44)23-30(20-29-14-16-31(39)17-15-29)22-33(43)32(21-28-12-6-5-7-13-28)41-35(45)24-47-37-26(3)10-8-11-27(37)4;1-25(2)36(42-19-9-18-40-38(42)46)34(44)23-30(20-28-12-6-5-7-13-28)22-33(43)32(21-29-14-16-31(39)17-15-29)41-35(45)24-47-37-26(3)10-8-11-27(37)4/h5,7-16,24,29,32-33,36,44H,6,17-23H2,1-4H3,(H,41,47)(H,42,46);2*5-8,10-17,25,30,32-33,36,43H,9,18-24H2,1-4H3,(H,40,46)(H,41,45)/t29-,32-,33-,36-;2*30-,32-,33-,36-/m000/s1. The molecule has 3 aliphatic heterocycles. The van der Waals surface area contributed by atoms with Crippen LogP contribution >= 0.6 is 0 Å². The Kier molecular flexibility index (Phi) is 43.5. The predicted molar refractivity (Wildman–Crippen MR) is 542 cm³/mol. The third-order valence-corrected chi connectivity index (χ3v) is 26.4. The lowest BCUT2D eigenvalue weighted by atomic mass is 9.83. The molecule has 142 heavy (non-hydrogen) atoms. The van der Waals surface area contributed by atoms with Gasteiger partial charge in [-0.1, -0.05) is 205 Å². The van der Waals surface area contributed by atoms with E-state index in [1.807, 2.05) is 198 Å². The smallest absolute Gasteiger partial charge is 0.318 e. The number of nitrogens with one attached hydrogen (secondary N) is 6. The molecule has 762 valence electrons. The molecule has 3 aliphatic rings. The van der Waals surface area contributed by atoms with E-state index < -0.39 is 78.1 Å². The Morgan fingerprint density at radius 3 is 0.761 bits per heavy atom. The van der Waals surface area contributed by atoms with Crippen molar-refractivity contribution >= 4 is 53.2 Å². The normalized spacial score (nSPS) is 15.8. The number of Topliss-reactive ketones (excluding diaryl/α,β-unsaturated/α-hetero) is 3. The minimum atomic E-state index is -1.10. The van der Waals surface area contributed by atoms with Crippen LogP contribution < -0.4 is 46.1 Å². The number of carbonyl (C=O) groups excluding carboxylic acids is 9. The zero-order chi connectivity index (χ0) is 103. The third-order valence-electron chi connectivity index (χ3n) is 26.4. The van der Waals surface area contributed by atoms with E-state index in [9.17, 15) is 76.0 Å². The number of benzene rings is 9. The van der Waals surface area contributed by atoms with E-state index in [0.717, 1.165) is 80.5 Å². The van der Waals surface area contributed by atoms with E-state index in [1.54, 1.807) is 63.2 Å². The van der Waals surface area contributed by atoms with Gasteiger partial charge in [-0.05, 0) is 269 Å². The molecule has 9 aromatic rings. The van der Waals surface area contributed by atoms with Gasteiger partial charge in [0.1, 0.15) is 40.5 Å². The van der Waals surface area contributed by atoms with Gasteiger partial charge in [-0.3, -0.25) is 28.8 Å². The van der Waals surface area contributed by atoms with Crippen molar-refractivity contribution in [2.75, 3.05) is 59.1 Å². The fourth-order valence-electron chi connectivity index (χ4n) is 19.5. The molecule has 12 rings (SSSR count). The second kappa shape index (κ2) is 55.6. The van der Waals surface area contributed by atoms with Gasteiger partial charge in [-0.25, -0.2) is 31.9 Å². The molecule has 0 aromatic heterocycles. The number of carbonyl (C=O) groups is 9. The lowest BCUT2D eigenvalue weighted by molar-refractivity contribution is -0.127. The number of aliphatic hydroxyl groups is 3. The molecule has 3 heterocycles. The number of hydrogen-bond donors (Lipinski definition) is 9. The largest absolute Gasteiger partial charge is 0.483 e. The lowest BCUT2D eigenvalue weighted by Gasteiger charge is -2.37. The number of nitrogens with zero attached hydrogens (tertiary/aromatic N) is 3. The van der Waals surface area contributed by atoms with Crippen LogP contribution in [0.1, 0.15) is 166 Å². The first-order valence-corrected chi connectivity index (χ1v) is 49.7. The highest BCUT2D eigenvalue weighted by Gasteiger charge is 2.41. The molecule has 0 unspecified atom stereocenters. The number of halogens is 4. The van der Waals surface area contributed by atoms with Gasteiger partial charge in [-0.15, -0.1) is 0 Å². The van der Waals surface area contributed by atoms with E-state index in [0.29, 0.717) is 87.8 Å². The van der Waals surface area contributed by atoms with Gasteiger partial charge < -0.3 is 76.1 Å². The minimum absolute atomic E-state index is 0.0497. The van der Waals surface area contributed by atoms with Crippen molar-refractivity contribution in [2.24, 2.45) is 35.5 Å². The van der Waals surface area contributed by atoms with Crippen molar-refractivity contribution in [3.8, 4) is 17.2 Å². The molecular weight excluding hydrogens is 1810 g/mol. The third kappa shape index (κ3) is 34.8. The summed E-state index contributed by atoms with van der Waals surface area (Å²) in [5.41, 5.74) is 10.5. The summed E-state index contributed by atoms with van der Waals surface area (Å²) < 4.78 is 72.5. The van der Waals surface area contributed by atoms with Crippen molar-refractivity contribution in [1.29, 1.82) is 0 Å². The molecule has 3 saturated heterocycles. The Hall–Kier alpha value is -12.8. The number of aryl methyl sites for hydroxylation is 6. The highest BCUT2D eigenvalue weighted by molar-refractivity contribution is 5.91. The van der Waals surface area contributed by atoms with Crippen LogP contribution in [0.5, 0.6) is 17.2 Å². The van der Waals surface area contributed by atoms with Crippen LogP contribution in [0.4, 0.5) is 31.9 Å². The number of urea groups is 3. The van der Waals surface area contributed by atoms with Crippen LogP contribution in [0, 0.1) is 100 Å². The Balaban J connectivity index is 0.000000219. The molecule has 28 heteroatoms. The zero-order valence-corrected chi connectivity index (χ0v) is 83.9. The van der Waals surface area contributed by atoms with E-state index in [4.69, 9.17) is 14.2 Å². The first-order valence-electron chi connectivity index (χ1n) is 49.7. The molecular formula is C114H143F4N9O15. The molecule has 12 atom stereocenters. The van der Waals surface area contributed by atoms with Crippen LogP contribution in [0.3, 0.4) is 0 Å². The van der Waals surface area contributed by atoms with Gasteiger partial charge >= 0.3 is 18.1 Å². The van der Waals surface area contributed by atoms with Gasteiger partial charge in [0, 0.05) is 58.5 Å². The monoisotopic (exact) mass is 1950 g/mol. The minimum Gasteiger partial charge on any atom is -0.483 e. The van der Waals surface area contributed by atoms with E-state index in [2.05, 4.69) is 31.9 Å². The zero-order valence-electron chi connectivity index (χ0n) is 83.9. The van der Waals surface area contributed by atoms with Gasteiger partial charge in [-0.2, -0.15) is 0 Å². The summed E-state index contributed by atoms with van der Waals surface area (Å²) in [6.07, 6.45) is 2.17. The average Bonchev–Trinajstić information content (AvgIpc) is 0.825. The topological polar surface area (TPSA) is 324 Å². The summed E-state index contributed by atoms with van der Waals surface area (Å²) >= 11 is 0. The highest BCUT2D eigenvalue weighted by Crippen LogP contribution is 2.33. The Bertz CT molecular complexity index is 5510. The van der Waals surface area contributed by atoms with Crippen LogP contribution in [0.2, 0.25) is 0 Å². The quantitative estimate of drug-likeness (QED) is 0.0160. The molecule has 0 bridgehead atoms. The van der Waals surface area contributed by atoms with Crippen LogP contribution in [0.15, 0.2) is 212 Å². The average molecular weight is 1960 g/mol. The number of hydrogen-bond acceptors (Lipinski definition) is 15. The maximum atomic E-state index is 13.9. The Labute approximate surface area is 833 Å². The summed E-state index contributed by atoms with van der Waals surface area (Å²) in [7, 11) is 0. The molecule has 9 amide bonds. The van der Waals surface area contributed by atoms with Crippen molar-refractivity contribution in [2.45, 2.75) is 234 Å². The Morgan fingerprint density at radius 2 is 0.535 bits per heavy atom. The van der Waals surface area contributed by atoms with Gasteiger partial charge in [0.25, 0.3) is 17.7 Å². The second-order valence-electron chi connectivity index (χ2n) is 39.2. The summed E-state index contributed by atoms with van der Waals surface area (Å²) in [5.74, 6) is -2.40. The molecule has 0 aliphatic carbocycles. The number of para-hydroxylation sites is 3. The first-order chi connectivity index (χ1) is 67.9. The molecule has 0 spiro atoms. The molecule has 9 N–H and O–H groups in total. The molecule has 0 radical (unpaired) electrons. The van der Waals surface area contributed by atoms with Gasteiger partial charge in [0.05, 0.1) is 54.6 Å². The summed E-state index contributed by atoms with van der Waals surface area (Å²) in [5, 5.41) is 52.6. The number of ether oxygens (including phenoxy) is 3. The summed E-state index contributed by atoms with van der Waals surface area (Å²) in [6.45, 7) is 25.5. The second-order valence-corrected chi connectivity index (χ2v) is 39.2. The molecule has 9 aromatic carbocycles. The first kappa shape index (κ1) is 111. The highest BCUT2D eigenvalue weighted by atomic mass is 19.1. The summed E-state index contributed by atoms with van der Waals surface area (Å²) in [6, 6.07) is 55.8. The number of ketones is 3. The fourth-order valence-corrected chi connectivity index (χ4v) is 19.5. The molecule has 3 fully saturated rings. The maximum absolute atomic E-state index is 13.9. The van der Waals surface area contributed by atoms with Gasteiger partial charge in [0.15, 0.2) is 37.2 Å². The maximum Gasteiger partial charge on any atom is 0.318 e. The van der Waals surface area contributed by atoms with Gasteiger partial charge in [0.2, 0.25) is 0 Å². The SMILES string of the molecule is Cc1cccc(C)c1OCC(=O)N[C@@H](Cc1ccc(F)cc1)[C@@H](O)C[C@@H](CC(=O)[C@H](C(C)C)N1CCCNC1=O)Cc1ccc(F)cc1.Cc1cccc(C)c1OCC(=O)N[C@@H](Cc1ccc(F)cc1)[C@@H](O)C[C@@H](CC(=O)[C@H](C(C)C)N1CCCNC1=O)Cc1ccccc1.Cc1cccc(C)c1OCC(=O)N[C@@H](Cc1ccccc1)[C@@H](O)C[C@@H](CC(=O)[C@H](C(C)C)N1CCCNC1=O)Cc1ccc(F)cc1. The van der Waals surface area contributed by atoms with Crippen LogP contribution in [0.25, 0.3) is 0 Å². The van der Waals surface area contributed by atoms with E-state index >= 15 is 0 Å². The van der Waals surface area contributed by atoms with Crippen LogP contribution in [-0.4, -0.2) is 197 Å². The van der Waals surface area contributed by atoms with Crippen molar-refractivity contribution in [1.82, 2.24) is 46.6 Å². The Morgan fingerprint density at radius 1 is 0.317 bits per heavy atom. The fraction of sp³-hybridized carbons (Fsp3) is 0.447. The number of aliphatic hydroxyl groups excluding tert-OH is 3. The predicted octanol–water partition coefficient (Wildman–Crippen LogP) is 16.8. The van der Waals surface area contributed by atoms with Crippen molar-refractivity contribution in [3.63, 3.8) is 0 Å². The number of amides is 9. The molecule has 24 nitrogen and oxygen atoms in total. The molecule has 0 saturated carbocycles. The lowest BCUT2D eigenvalue weighted by Crippen LogP contribution is -2.55. The van der Waals surface area contributed by atoms with Crippen molar-refractivity contribution in [3.05, 3.63) is 302 Å². The van der Waals surface area contributed by atoms with Crippen molar-refractivity contribution < 1.29 is 90.2 Å². The van der Waals surface area contributed by atoms with E-state index in [-0.39, 0.29) is 160 Å². The van der Waals surface area contributed by atoms with Crippen LogP contribution in [-0.2, 0) is 67.3 Å². The van der Waals surface area contributed by atoms with E-state index in [1.165, 1.54) is 48.5 Å².